The minimum Gasteiger partial charge on any atom is -0.467 e. The van der Waals surface area contributed by atoms with Gasteiger partial charge in [-0.25, -0.2) is 9.59 Å². The number of para-hydroxylation sites is 2. The molecule has 29 heavy (non-hydrogen) atoms. The first-order chi connectivity index (χ1) is 13.8. The summed E-state index contributed by atoms with van der Waals surface area (Å²) >= 11 is 0. The zero-order chi connectivity index (χ0) is 21.4. The fourth-order valence-electron chi connectivity index (χ4n) is 2.89. The fourth-order valence-corrected chi connectivity index (χ4v) is 2.89. The second kappa shape index (κ2) is 10.4. The van der Waals surface area contributed by atoms with Gasteiger partial charge in [-0.05, 0) is 30.9 Å². The number of rotatable bonds is 10. The molecule has 0 bridgehead atoms. The van der Waals surface area contributed by atoms with Gasteiger partial charge in [0.1, 0.15) is 6.04 Å². The second-order valence-corrected chi connectivity index (χ2v) is 7.02. The van der Waals surface area contributed by atoms with Gasteiger partial charge in [-0.2, -0.15) is 0 Å². The van der Waals surface area contributed by atoms with Crippen LogP contribution >= 0.6 is 0 Å². The molecular formula is C20H26N2O7. The normalized spacial score (nSPS) is 12.0. The SMILES string of the molecule is COC(=O)C(CC(C)C)NC(=O)COC(=O)CCCn1c(=O)oc2ccccc21. The molecule has 0 saturated heterocycles. The van der Waals surface area contributed by atoms with Crippen molar-refractivity contribution in [3.05, 3.63) is 34.8 Å². The molecule has 0 aliphatic rings. The number of hydrogen-bond donors (Lipinski definition) is 1. The first kappa shape index (κ1) is 22.2. The van der Waals surface area contributed by atoms with E-state index in [1.807, 2.05) is 13.8 Å². The molecule has 1 aromatic heterocycles. The van der Waals surface area contributed by atoms with E-state index in [9.17, 15) is 19.2 Å². The number of nitrogens with one attached hydrogen (secondary N) is 1. The highest BCUT2D eigenvalue weighted by molar-refractivity contribution is 5.86. The molecule has 1 unspecified atom stereocenters. The number of benzene rings is 1. The van der Waals surface area contributed by atoms with Crippen LogP contribution in [-0.4, -0.2) is 42.2 Å². The van der Waals surface area contributed by atoms with E-state index in [0.29, 0.717) is 23.9 Å². The molecular weight excluding hydrogens is 380 g/mol. The highest BCUT2D eigenvalue weighted by Crippen LogP contribution is 2.12. The van der Waals surface area contributed by atoms with E-state index in [2.05, 4.69) is 10.1 Å². The Hall–Kier alpha value is -3.10. The molecule has 0 saturated carbocycles. The Balaban J connectivity index is 1.77. The average Bonchev–Trinajstić information content (AvgIpc) is 3.00. The summed E-state index contributed by atoms with van der Waals surface area (Å²) in [5, 5.41) is 2.51. The maximum atomic E-state index is 12.0. The Morgan fingerprint density at radius 3 is 2.62 bits per heavy atom. The number of ether oxygens (including phenoxy) is 2. The van der Waals surface area contributed by atoms with Gasteiger partial charge in [-0.3, -0.25) is 14.2 Å². The van der Waals surface area contributed by atoms with Crippen molar-refractivity contribution in [1.29, 1.82) is 0 Å². The van der Waals surface area contributed by atoms with E-state index in [-0.39, 0.29) is 18.9 Å². The quantitative estimate of drug-likeness (QED) is 0.596. The number of fused-ring (bicyclic) bond motifs is 1. The fraction of sp³-hybridized carbons (Fsp3) is 0.500. The van der Waals surface area contributed by atoms with Crippen LogP contribution < -0.4 is 11.1 Å². The van der Waals surface area contributed by atoms with Crippen LogP contribution in [0.1, 0.15) is 33.1 Å². The lowest BCUT2D eigenvalue weighted by Crippen LogP contribution is -2.44. The monoisotopic (exact) mass is 406 g/mol. The topological polar surface area (TPSA) is 117 Å². The van der Waals surface area contributed by atoms with E-state index in [1.165, 1.54) is 11.7 Å². The predicted octanol–water partition coefficient (Wildman–Crippen LogP) is 1.62. The molecule has 0 spiro atoms. The lowest BCUT2D eigenvalue weighted by atomic mass is 10.0. The Morgan fingerprint density at radius 1 is 1.21 bits per heavy atom. The Bertz CT molecular complexity index is 913. The number of esters is 2. The largest absolute Gasteiger partial charge is 0.467 e. The molecule has 1 aromatic carbocycles. The lowest BCUT2D eigenvalue weighted by Gasteiger charge is -2.18. The summed E-state index contributed by atoms with van der Waals surface area (Å²) in [7, 11) is 1.25. The lowest BCUT2D eigenvalue weighted by molar-refractivity contribution is -0.150. The van der Waals surface area contributed by atoms with Gasteiger partial charge in [0, 0.05) is 13.0 Å². The molecule has 1 atom stereocenters. The summed E-state index contributed by atoms with van der Waals surface area (Å²) in [5.74, 6) is -2.01. The minimum absolute atomic E-state index is 0.0334. The van der Waals surface area contributed by atoms with Gasteiger partial charge < -0.3 is 19.2 Å². The van der Waals surface area contributed by atoms with Crippen molar-refractivity contribution < 1.29 is 28.3 Å². The van der Waals surface area contributed by atoms with Crippen LogP contribution in [0.3, 0.4) is 0 Å². The molecule has 9 nitrogen and oxygen atoms in total. The molecule has 1 amide bonds. The highest BCUT2D eigenvalue weighted by Gasteiger charge is 2.23. The van der Waals surface area contributed by atoms with Crippen molar-refractivity contribution in [3.63, 3.8) is 0 Å². The number of amides is 1. The third-order valence-corrected chi connectivity index (χ3v) is 4.23. The van der Waals surface area contributed by atoms with Crippen molar-refractivity contribution >= 4 is 28.9 Å². The summed E-state index contributed by atoms with van der Waals surface area (Å²) in [6.45, 7) is 3.63. The number of nitrogens with zero attached hydrogens (tertiary/aromatic N) is 1. The number of oxazole rings is 1. The first-order valence-corrected chi connectivity index (χ1v) is 9.43. The van der Waals surface area contributed by atoms with Gasteiger partial charge >= 0.3 is 17.7 Å². The Morgan fingerprint density at radius 2 is 1.93 bits per heavy atom. The zero-order valence-corrected chi connectivity index (χ0v) is 16.8. The van der Waals surface area contributed by atoms with Gasteiger partial charge in [0.05, 0.1) is 12.6 Å². The number of aromatic nitrogens is 1. The number of carbonyl (C=O) groups excluding carboxylic acids is 3. The van der Waals surface area contributed by atoms with Gasteiger partial charge in [-0.1, -0.05) is 26.0 Å². The standard InChI is InChI=1S/C20H26N2O7/c1-13(2)11-14(19(25)27-3)21-17(23)12-28-18(24)9-6-10-22-15-7-4-5-8-16(15)29-20(22)26/h4-5,7-8,13-14H,6,9-12H2,1-3H3,(H,21,23). The Kier molecular flexibility index (Phi) is 7.99. The molecule has 0 aliphatic heterocycles. The van der Waals surface area contributed by atoms with Gasteiger partial charge in [0.15, 0.2) is 12.2 Å². The van der Waals surface area contributed by atoms with Crippen LogP contribution in [0.2, 0.25) is 0 Å². The van der Waals surface area contributed by atoms with Crippen LogP contribution in [0.15, 0.2) is 33.5 Å². The summed E-state index contributed by atoms with van der Waals surface area (Å²) in [4.78, 5) is 47.4. The molecule has 2 aromatic rings. The van der Waals surface area contributed by atoms with Crippen LogP contribution in [-0.2, 0) is 30.4 Å². The van der Waals surface area contributed by atoms with E-state index < -0.39 is 36.3 Å². The van der Waals surface area contributed by atoms with E-state index in [0.717, 1.165) is 0 Å². The van der Waals surface area contributed by atoms with Crippen molar-refractivity contribution in [2.45, 2.75) is 45.7 Å². The minimum atomic E-state index is -0.785. The Labute approximate surface area is 168 Å². The number of carbonyl (C=O) groups is 3. The van der Waals surface area contributed by atoms with E-state index in [1.54, 1.807) is 24.3 Å². The summed E-state index contributed by atoms with van der Waals surface area (Å²) in [6, 6.07) is 6.23. The third-order valence-electron chi connectivity index (χ3n) is 4.23. The molecule has 158 valence electrons. The second-order valence-electron chi connectivity index (χ2n) is 7.02. The smallest absolute Gasteiger partial charge is 0.419 e. The van der Waals surface area contributed by atoms with Crippen LogP contribution in [0.25, 0.3) is 11.1 Å². The first-order valence-electron chi connectivity index (χ1n) is 9.43. The maximum absolute atomic E-state index is 12.0. The van der Waals surface area contributed by atoms with Crippen LogP contribution in [0, 0.1) is 5.92 Å². The van der Waals surface area contributed by atoms with Crippen molar-refractivity contribution in [1.82, 2.24) is 9.88 Å². The van der Waals surface area contributed by atoms with Gasteiger partial charge in [0.25, 0.3) is 5.91 Å². The molecule has 1 N–H and O–H groups in total. The maximum Gasteiger partial charge on any atom is 0.419 e. The number of aryl methyl sites for hydroxylation is 1. The number of methoxy groups -OCH3 is 1. The summed E-state index contributed by atoms with van der Waals surface area (Å²) in [5.41, 5.74) is 1.14. The molecule has 9 heteroatoms. The number of hydrogen-bond acceptors (Lipinski definition) is 7. The average molecular weight is 406 g/mol. The van der Waals surface area contributed by atoms with Gasteiger partial charge in [-0.15, -0.1) is 0 Å². The van der Waals surface area contributed by atoms with Crippen LogP contribution in [0.4, 0.5) is 0 Å². The summed E-state index contributed by atoms with van der Waals surface area (Å²) < 4.78 is 16.2. The molecule has 0 aliphatic carbocycles. The molecule has 0 fully saturated rings. The third kappa shape index (κ3) is 6.48. The van der Waals surface area contributed by atoms with Crippen molar-refractivity contribution in [2.75, 3.05) is 13.7 Å². The van der Waals surface area contributed by atoms with Crippen LogP contribution in [0.5, 0.6) is 0 Å². The van der Waals surface area contributed by atoms with Crippen molar-refractivity contribution in [3.8, 4) is 0 Å². The summed E-state index contributed by atoms with van der Waals surface area (Å²) in [6.07, 6.45) is 0.799. The van der Waals surface area contributed by atoms with E-state index in [4.69, 9.17) is 9.15 Å². The predicted molar refractivity (Wildman–Crippen MR) is 104 cm³/mol. The highest BCUT2D eigenvalue weighted by atomic mass is 16.5. The molecule has 1 heterocycles. The zero-order valence-electron chi connectivity index (χ0n) is 16.8. The van der Waals surface area contributed by atoms with Crippen molar-refractivity contribution in [2.24, 2.45) is 5.92 Å². The molecule has 0 radical (unpaired) electrons. The molecule has 2 rings (SSSR count). The van der Waals surface area contributed by atoms with E-state index >= 15 is 0 Å². The van der Waals surface area contributed by atoms with Gasteiger partial charge in [0.2, 0.25) is 0 Å².